The summed E-state index contributed by atoms with van der Waals surface area (Å²) in [5.74, 6) is -0.408. The minimum absolute atomic E-state index is 0.0981. The number of halogens is 3. The molecule has 6 N–H and O–H groups in total. The highest BCUT2D eigenvalue weighted by molar-refractivity contribution is 9.10. The number of nitrogens with one attached hydrogen (secondary N) is 4. The Morgan fingerprint density at radius 2 is 1.68 bits per heavy atom. The van der Waals surface area contributed by atoms with Crippen LogP contribution in [0.3, 0.4) is 0 Å². The summed E-state index contributed by atoms with van der Waals surface area (Å²) >= 11 is 9.47. The molecule has 4 heterocycles. The SMILES string of the molecule is COc1nn(CCCCCCCCNS(=O)(=O)c2ccc(Nc3ncc(Br)c(Nc4cccc(F)c4C(N)=O)n3)cc2)cc1Nc1nc(Cl)nc2c1ncn2C. The number of imidazole rings is 1. The number of methoxy groups -OCH3 is 1. The molecule has 4 aromatic heterocycles. The molecule has 0 unspecified atom stereocenters. The summed E-state index contributed by atoms with van der Waals surface area (Å²) in [7, 11) is -0.338. The molecule has 6 rings (SSSR count). The van der Waals surface area contributed by atoms with Crippen molar-refractivity contribution in [1.82, 2.24) is 44.0 Å². The molecule has 0 fully saturated rings. The van der Waals surface area contributed by atoms with E-state index in [1.807, 2.05) is 17.9 Å². The van der Waals surface area contributed by atoms with E-state index < -0.39 is 21.7 Å². The van der Waals surface area contributed by atoms with E-state index in [1.54, 1.807) is 30.1 Å². The van der Waals surface area contributed by atoms with Gasteiger partial charge in [0.2, 0.25) is 21.3 Å². The first kappa shape index (κ1) is 40.2. The summed E-state index contributed by atoms with van der Waals surface area (Å²) < 4.78 is 52.2. The van der Waals surface area contributed by atoms with Gasteiger partial charge >= 0.3 is 0 Å². The number of carbonyl (C=O) groups excluding carboxylic acids is 1. The predicted molar refractivity (Wildman–Crippen MR) is 214 cm³/mol. The van der Waals surface area contributed by atoms with Gasteiger partial charge in [-0.15, -0.1) is 5.10 Å². The topological polar surface area (TPSA) is 222 Å². The summed E-state index contributed by atoms with van der Waals surface area (Å²) in [5.41, 5.74) is 7.53. The van der Waals surface area contributed by atoms with E-state index in [-0.39, 0.29) is 33.2 Å². The Morgan fingerprint density at radius 3 is 2.43 bits per heavy atom. The number of aryl methyl sites for hydroxylation is 2. The molecule has 0 aliphatic carbocycles. The fourth-order valence-electron chi connectivity index (χ4n) is 5.71. The van der Waals surface area contributed by atoms with Crippen LogP contribution in [0.2, 0.25) is 5.28 Å². The van der Waals surface area contributed by atoms with Gasteiger partial charge in [0, 0.05) is 32.0 Å². The number of aromatic nitrogens is 8. The Labute approximate surface area is 334 Å². The number of unbranched alkanes of at least 4 members (excludes halogenated alkanes) is 5. The van der Waals surface area contributed by atoms with Crippen LogP contribution in [0.15, 0.2) is 70.6 Å². The van der Waals surface area contributed by atoms with Crippen molar-refractivity contribution in [2.75, 3.05) is 29.6 Å². The van der Waals surface area contributed by atoms with Crippen LogP contribution < -0.4 is 31.1 Å². The molecule has 294 valence electrons. The first-order valence-electron chi connectivity index (χ1n) is 17.4. The number of ether oxygens (including phenoxy) is 1. The van der Waals surface area contributed by atoms with E-state index in [9.17, 15) is 17.6 Å². The van der Waals surface area contributed by atoms with Crippen LogP contribution in [-0.2, 0) is 23.6 Å². The van der Waals surface area contributed by atoms with Crippen LogP contribution >= 0.6 is 27.5 Å². The lowest BCUT2D eigenvalue weighted by Crippen LogP contribution is -2.24. The fraction of sp³-hybridized carbons (Fsp3) is 0.286. The molecule has 2 aromatic carbocycles. The number of benzene rings is 2. The maximum atomic E-state index is 14.2. The second-order valence-corrected chi connectivity index (χ2v) is 15.5. The summed E-state index contributed by atoms with van der Waals surface area (Å²) in [4.78, 5) is 33.4. The van der Waals surface area contributed by atoms with Gasteiger partial charge in [-0.2, -0.15) is 15.0 Å². The Morgan fingerprint density at radius 1 is 0.946 bits per heavy atom. The molecule has 6 aromatic rings. The predicted octanol–water partition coefficient (Wildman–Crippen LogP) is 6.56. The van der Waals surface area contributed by atoms with Gasteiger partial charge in [0.05, 0.1) is 40.3 Å². The second kappa shape index (κ2) is 18.0. The molecular weight excluding hydrogens is 833 g/mol. The van der Waals surface area contributed by atoms with Crippen LogP contribution in [0, 0.1) is 5.82 Å². The molecule has 0 atom stereocenters. The zero-order valence-corrected chi connectivity index (χ0v) is 33.4. The van der Waals surface area contributed by atoms with Crippen LogP contribution in [0.4, 0.5) is 39.0 Å². The van der Waals surface area contributed by atoms with Gasteiger partial charge in [-0.3, -0.25) is 9.48 Å². The number of carbonyl (C=O) groups is 1. The molecule has 0 radical (unpaired) electrons. The van der Waals surface area contributed by atoms with Gasteiger partial charge < -0.3 is 31.0 Å². The van der Waals surface area contributed by atoms with Crippen LogP contribution in [0.1, 0.15) is 48.9 Å². The summed E-state index contributed by atoms with van der Waals surface area (Å²) in [6.45, 7) is 1.01. The third-order valence-corrected chi connectivity index (χ3v) is 10.7. The maximum Gasteiger partial charge on any atom is 0.256 e. The number of primary amides is 1. The van der Waals surface area contributed by atoms with Crippen molar-refractivity contribution in [2.24, 2.45) is 12.8 Å². The highest BCUT2D eigenvalue weighted by Crippen LogP contribution is 2.30. The monoisotopic (exact) mass is 869 g/mol. The van der Waals surface area contributed by atoms with Crippen molar-refractivity contribution in [2.45, 2.75) is 50.0 Å². The average molecular weight is 871 g/mol. The lowest BCUT2D eigenvalue weighted by atomic mass is 10.1. The van der Waals surface area contributed by atoms with Crippen molar-refractivity contribution in [3.8, 4) is 5.88 Å². The number of nitrogens with zero attached hydrogens (tertiary/aromatic N) is 8. The molecular formula is C35H38BrClFN13O4S. The van der Waals surface area contributed by atoms with E-state index >= 15 is 0 Å². The van der Waals surface area contributed by atoms with Crippen LogP contribution in [0.25, 0.3) is 11.2 Å². The largest absolute Gasteiger partial charge is 0.478 e. The second-order valence-electron chi connectivity index (χ2n) is 12.5. The third-order valence-electron chi connectivity index (χ3n) is 8.49. The van der Waals surface area contributed by atoms with E-state index in [2.05, 4.69) is 66.6 Å². The number of sulfonamides is 1. The van der Waals surface area contributed by atoms with Crippen molar-refractivity contribution in [3.63, 3.8) is 0 Å². The lowest BCUT2D eigenvalue weighted by molar-refractivity contribution is 0.0997. The summed E-state index contributed by atoms with van der Waals surface area (Å²) in [6, 6.07) is 10.2. The van der Waals surface area contributed by atoms with E-state index in [4.69, 9.17) is 22.1 Å². The first-order valence-corrected chi connectivity index (χ1v) is 20.0. The minimum atomic E-state index is -3.72. The number of fused-ring (bicyclic) bond motifs is 1. The highest BCUT2D eigenvalue weighted by atomic mass is 79.9. The Balaban J connectivity index is 0.909. The van der Waals surface area contributed by atoms with Gasteiger partial charge in [-0.05, 0) is 76.8 Å². The van der Waals surface area contributed by atoms with Gasteiger partial charge in [0.15, 0.2) is 17.0 Å². The molecule has 56 heavy (non-hydrogen) atoms. The minimum Gasteiger partial charge on any atom is -0.478 e. The molecule has 0 aliphatic rings. The normalized spacial score (nSPS) is 11.5. The summed E-state index contributed by atoms with van der Waals surface area (Å²) in [5, 5.41) is 13.7. The summed E-state index contributed by atoms with van der Waals surface area (Å²) in [6.07, 6.45) is 10.4. The third kappa shape index (κ3) is 9.86. The number of hydrogen-bond acceptors (Lipinski definition) is 13. The molecule has 17 nitrogen and oxygen atoms in total. The van der Waals surface area contributed by atoms with Gasteiger partial charge in [0.1, 0.15) is 17.3 Å². The molecule has 1 amide bonds. The molecule has 0 spiro atoms. The zero-order valence-electron chi connectivity index (χ0n) is 30.3. The van der Waals surface area contributed by atoms with Gasteiger partial charge in [-0.1, -0.05) is 31.7 Å². The average Bonchev–Trinajstić information content (AvgIpc) is 3.74. The molecule has 0 saturated carbocycles. The van der Waals surface area contributed by atoms with Crippen LogP contribution in [0.5, 0.6) is 5.88 Å². The zero-order chi connectivity index (χ0) is 39.8. The van der Waals surface area contributed by atoms with Crippen LogP contribution in [-0.4, -0.2) is 67.2 Å². The highest BCUT2D eigenvalue weighted by Gasteiger charge is 2.18. The first-order chi connectivity index (χ1) is 26.9. The Hall–Kier alpha value is -5.44. The smallest absolute Gasteiger partial charge is 0.256 e. The van der Waals surface area contributed by atoms with E-state index in [0.717, 1.165) is 38.2 Å². The lowest BCUT2D eigenvalue weighted by Gasteiger charge is -2.13. The molecule has 0 bridgehead atoms. The Kier molecular flexibility index (Phi) is 12.9. The Bertz CT molecular complexity index is 2450. The molecule has 0 saturated heterocycles. The number of anilines is 6. The number of hydrogen-bond donors (Lipinski definition) is 5. The van der Waals surface area contributed by atoms with E-state index in [1.165, 1.54) is 30.5 Å². The standard InChI is InChI=1S/C35H38BrClFN13O4S/c1-50-20-41-28-31(46-34(37)48-32(28)50)45-26-19-51(49-33(26)55-2)17-8-6-4-3-5-7-16-42-56(53,54)22-14-12-21(13-15-22)43-35-40-18-23(36)30(47-35)44-25-11-9-10-24(38)27(25)29(39)52/h9-15,18-20,42H,3-8,16-17H2,1-2H3,(H2,39,52)(H,45,46,48)(H2,40,43,44,47). The van der Waals surface area contributed by atoms with Gasteiger partial charge in [-0.25, -0.2) is 27.5 Å². The van der Waals surface area contributed by atoms with Crippen molar-refractivity contribution in [1.29, 1.82) is 0 Å². The fourth-order valence-corrected chi connectivity index (χ4v) is 7.24. The van der Waals surface area contributed by atoms with Crippen molar-refractivity contribution in [3.05, 3.63) is 82.3 Å². The molecule has 21 heteroatoms. The quantitative estimate of drug-likeness (QED) is 0.0430. The number of rotatable bonds is 19. The van der Waals surface area contributed by atoms with Crippen molar-refractivity contribution < 1.29 is 22.3 Å². The van der Waals surface area contributed by atoms with Gasteiger partial charge in [0.25, 0.3) is 11.8 Å². The maximum absolute atomic E-state index is 14.2. The van der Waals surface area contributed by atoms with Crippen molar-refractivity contribution >= 4 is 89.3 Å². The number of amides is 1. The van der Waals surface area contributed by atoms with E-state index in [0.29, 0.717) is 58.2 Å². The number of nitrogens with two attached hydrogens (primary N) is 1. The molecule has 0 aliphatic heterocycles.